The molecule has 5 rings (SSSR count). The number of hydrogen-bond acceptors (Lipinski definition) is 6. The van der Waals surface area contributed by atoms with Gasteiger partial charge in [-0.25, -0.2) is 0 Å². The first-order valence-corrected chi connectivity index (χ1v) is 10.2. The number of nitrogens with zero attached hydrogens (tertiary/aromatic N) is 5. The first kappa shape index (κ1) is 21.0. The van der Waals surface area contributed by atoms with Crippen molar-refractivity contribution in [1.82, 2.24) is 19.8 Å². The van der Waals surface area contributed by atoms with Crippen LogP contribution in [-0.2, 0) is 17.8 Å². The molecule has 8 nitrogen and oxygen atoms in total. The molecule has 1 N–H and O–H groups in total. The maximum Gasteiger partial charge on any atom is 0.573 e. The third-order valence-electron chi connectivity index (χ3n) is 5.55. The van der Waals surface area contributed by atoms with Crippen LogP contribution >= 0.6 is 0 Å². The second-order valence-corrected chi connectivity index (χ2v) is 7.87. The summed E-state index contributed by atoms with van der Waals surface area (Å²) in [5.41, 5.74) is 2.14. The summed E-state index contributed by atoms with van der Waals surface area (Å²) in [5, 5.41) is 17.4. The van der Waals surface area contributed by atoms with Crippen LogP contribution in [-0.4, -0.2) is 38.6 Å². The maximum atomic E-state index is 12.9. The lowest BCUT2D eigenvalue weighted by atomic mass is 9.98. The van der Waals surface area contributed by atoms with Crippen LogP contribution in [0.5, 0.6) is 5.75 Å². The SMILES string of the molecule is CC(=O)Nc1cc2c(cc1OC(F)(F)F)CCN(c1nn3c(C)nnc3c3ccccc13)C2. The van der Waals surface area contributed by atoms with E-state index in [0.29, 0.717) is 31.0 Å². The van der Waals surface area contributed by atoms with Gasteiger partial charge in [-0.1, -0.05) is 24.3 Å². The average Bonchev–Trinajstić information content (AvgIpc) is 3.13. The van der Waals surface area contributed by atoms with E-state index in [1.807, 2.05) is 31.2 Å². The summed E-state index contributed by atoms with van der Waals surface area (Å²) in [7, 11) is 0. The Kier molecular flexibility index (Phi) is 4.84. The van der Waals surface area contributed by atoms with Crippen molar-refractivity contribution in [2.75, 3.05) is 16.8 Å². The van der Waals surface area contributed by atoms with Crippen LogP contribution in [0.2, 0.25) is 0 Å². The van der Waals surface area contributed by atoms with Gasteiger partial charge in [0, 0.05) is 30.8 Å². The number of halogens is 3. The molecule has 0 aliphatic carbocycles. The molecule has 33 heavy (non-hydrogen) atoms. The number of ether oxygens (including phenoxy) is 1. The Morgan fingerprint density at radius 3 is 2.61 bits per heavy atom. The van der Waals surface area contributed by atoms with Crippen LogP contribution in [0.4, 0.5) is 24.7 Å². The van der Waals surface area contributed by atoms with Crippen molar-refractivity contribution in [1.29, 1.82) is 0 Å². The van der Waals surface area contributed by atoms with E-state index in [-0.39, 0.29) is 5.69 Å². The number of amides is 1. The zero-order valence-corrected chi connectivity index (χ0v) is 17.8. The Morgan fingerprint density at radius 1 is 1.12 bits per heavy atom. The predicted octanol–water partition coefficient (Wildman–Crippen LogP) is 4.01. The van der Waals surface area contributed by atoms with Crippen molar-refractivity contribution >= 4 is 33.8 Å². The van der Waals surface area contributed by atoms with E-state index in [9.17, 15) is 18.0 Å². The molecule has 1 amide bonds. The fraction of sp³-hybridized carbons (Fsp3) is 0.273. The molecule has 0 saturated heterocycles. The molecule has 3 heterocycles. The van der Waals surface area contributed by atoms with Gasteiger partial charge in [-0.15, -0.1) is 28.5 Å². The normalized spacial score (nSPS) is 13.9. The Morgan fingerprint density at radius 2 is 1.88 bits per heavy atom. The van der Waals surface area contributed by atoms with E-state index in [0.717, 1.165) is 27.7 Å². The van der Waals surface area contributed by atoms with Gasteiger partial charge in [-0.2, -0.15) is 4.52 Å². The first-order chi connectivity index (χ1) is 15.7. The summed E-state index contributed by atoms with van der Waals surface area (Å²) >= 11 is 0. The number of fused-ring (bicyclic) bond motifs is 4. The quantitative estimate of drug-likeness (QED) is 0.502. The van der Waals surface area contributed by atoms with Crippen molar-refractivity contribution < 1.29 is 22.7 Å². The number of carbonyl (C=O) groups is 1. The van der Waals surface area contributed by atoms with Gasteiger partial charge < -0.3 is 15.0 Å². The number of aromatic nitrogens is 4. The molecule has 0 fully saturated rings. The van der Waals surface area contributed by atoms with Gasteiger partial charge in [-0.3, -0.25) is 4.79 Å². The van der Waals surface area contributed by atoms with Crippen molar-refractivity contribution in [3.63, 3.8) is 0 Å². The van der Waals surface area contributed by atoms with Crippen LogP contribution < -0.4 is 15.0 Å². The van der Waals surface area contributed by atoms with Gasteiger partial charge in [0.1, 0.15) is 0 Å². The van der Waals surface area contributed by atoms with E-state index in [1.54, 1.807) is 4.52 Å². The summed E-state index contributed by atoms with van der Waals surface area (Å²) in [5.74, 6) is 0.463. The smallest absolute Gasteiger partial charge is 0.404 e. The minimum absolute atomic E-state index is 0.0247. The molecule has 1 aliphatic rings. The second-order valence-electron chi connectivity index (χ2n) is 7.87. The number of hydrogen-bond donors (Lipinski definition) is 1. The summed E-state index contributed by atoms with van der Waals surface area (Å²) < 4.78 is 44.5. The molecular formula is C22H19F3N6O2. The van der Waals surface area contributed by atoms with Crippen LogP contribution in [0.15, 0.2) is 36.4 Å². The standard InChI is InChI=1S/C22H19F3N6O2/c1-12-27-28-20-16-5-3-4-6-17(16)21(29-31(12)20)30-8-7-14-10-19(33-22(23,24)25)18(26-13(2)32)9-15(14)11-30/h3-6,9-10H,7-8,11H2,1-2H3,(H,26,32). The van der Waals surface area contributed by atoms with Crippen molar-refractivity contribution in [3.05, 3.63) is 53.3 Å². The molecule has 0 spiro atoms. The molecular weight excluding hydrogens is 437 g/mol. The minimum atomic E-state index is -4.86. The highest BCUT2D eigenvalue weighted by molar-refractivity contribution is 6.00. The highest BCUT2D eigenvalue weighted by Gasteiger charge is 2.33. The monoisotopic (exact) mass is 456 g/mol. The molecule has 2 aromatic carbocycles. The van der Waals surface area contributed by atoms with Gasteiger partial charge in [0.15, 0.2) is 23.0 Å². The number of anilines is 2. The fourth-order valence-corrected chi connectivity index (χ4v) is 4.16. The minimum Gasteiger partial charge on any atom is -0.404 e. The number of alkyl halides is 3. The predicted molar refractivity (Wildman–Crippen MR) is 115 cm³/mol. The third kappa shape index (κ3) is 3.90. The van der Waals surface area contributed by atoms with Gasteiger partial charge in [-0.05, 0) is 36.6 Å². The van der Waals surface area contributed by atoms with E-state index in [2.05, 4.69) is 25.2 Å². The van der Waals surface area contributed by atoms with Crippen molar-refractivity contribution in [3.8, 4) is 5.75 Å². The van der Waals surface area contributed by atoms with Gasteiger partial charge in [0.05, 0.1) is 5.69 Å². The zero-order valence-electron chi connectivity index (χ0n) is 17.8. The molecule has 0 atom stereocenters. The summed E-state index contributed by atoms with van der Waals surface area (Å²) in [4.78, 5) is 13.6. The maximum absolute atomic E-state index is 12.9. The van der Waals surface area contributed by atoms with Crippen molar-refractivity contribution in [2.24, 2.45) is 0 Å². The number of benzene rings is 2. The van der Waals surface area contributed by atoms with Crippen LogP contribution in [0.25, 0.3) is 16.4 Å². The summed E-state index contributed by atoms with van der Waals surface area (Å²) in [6.07, 6.45) is -4.38. The molecule has 0 saturated carbocycles. The Labute approximate surface area is 186 Å². The Bertz CT molecular complexity index is 1400. The lowest BCUT2D eigenvalue weighted by Crippen LogP contribution is -2.32. The summed E-state index contributed by atoms with van der Waals surface area (Å²) in [6.45, 7) is 3.99. The summed E-state index contributed by atoms with van der Waals surface area (Å²) in [6, 6.07) is 10.6. The van der Waals surface area contributed by atoms with E-state index >= 15 is 0 Å². The number of nitrogens with one attached hydrogen (secondary N) is 1. The lowest BCUT2D eigenvalue weighted by Gasteiger charge is -2.31. The average molecular weight is 456 g/mol. The molecule has 4 aromatic rings. The fourth-order valence-electron chi connectivity index (χ4n) is 4.16. The number of rotatable bonds is 3. The molecule has 0 bridgehead atoms. The van der Waals surface area contributed by atoms with E-state index in [4.69, 9.17) is 5.10 Å². The topological polar surface area (TPSA) is 84.7 Å². The molecule has 170 valence electrons. The van der Waals surface area contributed by atoms with Crippen LogP contribution in [0.3, 0.4) is 0 Å². The molecule has 2 aromatic heterocycles. The molecule has 0 unspecified atom stereocenters. The highest BCUT2D eigenvalue weighted by atomic mass is 19.4. The first-order valence-electron chi connectivity index (χ1n) is 10.2. The van der Waals surface area contributed by atoms with Gasteiger partial charge in [0.2, 0.25) is 5.91 Å². The Hall–Kier alpha value is -3.89. The van der Waals surface area contributed by atoms with Gasteiger partial charge >= 0.3 is 6.36 Å². The lowest BCUT2D eigenvalue weighted by molar-refractivity contribution is -0.274. The second kappa shape index (κ2) is 7.61. The van der Waals surface area contributed by atoms with Gasteiger partial charge in [0.25, 0.3) is 0 Å². The van der Waals surface area contributed by atoms with Crippen molar-refractivity contribution in [2.45, 2.75) is 33.2 Å². The molecule has 11 heteroatoms. The van der Waals surface area contributed by atoms with E-state index < -0.39 is 18.0 Å². The molecule has 0 radical (unpaired) electrons. The number of carbonyl (C=O) groups excluding carboxylic acids is 1. The highest BCUT2D eigenvalue weighted by Crippen LogP contribution is 2.37. The Balaban J connectivity index is 1.58. The molecule has 1 aliphatic heterocycles. The number of aryl methyl sites for hydroxylation is 1. The largest absolute Gasteiger partial charge is 0.573 e. The zero-order chi connectivity index (χ0) is 23.3. The van der Waals surface area contributed by atoms with Crippen LogP contribution in [0, 0.1) is 6.92 Å². The van der Waals surface area contributed by atoms with Crippen LogP contribution in [0.1, 0.15) is 23.9 Å². The van der Waals surface area contributed by atoms with E-state index in [1.165, 1.54) is 19.1 Å². The third-order valence-corrected chi connectivity index (χ3v) is 5.55.